The van der Waals surface area contributed by atoms with E-state index in [4.69, 9.17) is 0 Å². The maximum absolute atomic E-state index is 11.9. The molecular formula is C14H20O3. The predicted molar refractivity (Wildman–Crippen MR) is 64.4 cm³/mol. The fourth-order valence-electron chi connectivity index (χ4n) is 3.31. The summed E-state index contributed by atoms with van der Waals surface area (Å²) in [6.07, 6.45) is 3.60. The van der Waals surface area contributed by atoms with Gasteiger partial charge in [-0.2, -0.15) is 0 Å². The number of ketones is 2. The first-order chi connectivity index (χ1) is 7.86. The molecule has 3 nitrogen and oxygen atoms in total. The van der Waals surface area contributed by atoms with Crippen molar-refractivity contribution in [1.82, 2.24) is 0 Å². The largest absolute Gasteiger partial charge is 0.393 e. The molecule has 4 unspecified atom stereocenters. The zero-order chi connectivity index (χ0) is 12.8. The van der Waals surface area contributed by atoms with Crippen molar-refractivity contribution in [3.8, 4) is 0 Å². The number of rotatable bonds is 1. The SMILES string of the molecule is CC(=O)C1=CC2(C)C(CCC(O)C2C)CC1=O. The molecule has 0 heterocycles. The fraction of sp³-hybridized carbons (Fsp3) is 0.714. The molecule has 3 heteroatoms. The van der Waals surface area contributed by atoms with Crippen LogP contribution >= 0.6 is 0 Å². The molecule has 0 spiro atoms. The molecule has 0 radical (unpaired) electrons. The summed E-state index contributed by atoms with van der Waals surface area (Å²) in [4.78, 5) is 23.3. The fourth-order valence-corrected chi connectivity index (χ4v) is 3.31. The first kappa shape index (κ1) is 12.5. The van der Waals surface area contributed by atoms with Crippen molar-refractivity contribution >= 4 is 11.6 Å². The van der Waals surface area contributed by atoms with Gasteiger partial charge in [0.2, 0.25) is 0 Å². The van der Waals surface area contributed by atoms with Crippen LogP contribution < -0.4 is 0 Å². The van der Waals surface area contributed by atoms with Crippen molar-refractivity contribution in [3.63, 3.8) is 0 Å². The van der Waals surface area contributed by atoms with E-state index in [0.717, 1.165) is 12.8 Å². The highest BCUT2D eigenvalue weighted by Crippen LogP contribution is 2.50. The summed E-state index contributed by atoms with van der Waals surface area (Å²) in [5.41, 5.74) is 0.122. The lowest BCUT2D eigenvalue weighted by molar-refractivity contribution is -0.124. The van der Waals surface area contributed by atoms with E-state index in [1.807, 2.05) is 13.0 Å². The Morgan fingerprint density at radius 1 is 1.47 bits per heavy atom. The minimum absolute atomic E-state index is 0.0245. The van der Waals surface area contributed by atoms with Crippen LogP contribution in [0.2, 0.25) is 0 Å². The highest BCUT2D eigenvalue weighted by atomic mass is 16.3. The number of fused-ring (bicyclic) bond motifs is 1. The zero-order valence-electron chi connectivity index (χ0n) is 10.7. The van der Waals surface area contributed by atoms with Gasteiger partial charge in [0.25, 0.3) is 0 Å². The highest BCUT2D eigenvalue weighted by Gasteiger charge is 2.48. The lowest BCUT2D eigenvalue weighted by Crippen LogP contribution is -2.47. The summed E-state index contributed by atoms with van der Waals surface area (Å²) in [5, 5.41) is 9.97. The first-order valence-corrected chi connectivity index (χ1v) is 6.31. The molecule has 0 aromatic heterocycles. The molecule has 0 amide bonds. The van der Waals surface area contributed by atoms with E-state index in [0.29, 0.717) is 12.0 Å². The van der Waals surface area contributed by atoms with Crippen LogP contribution in [0.15, 0.2) is 11.6 Å². The summed E-state index contributed by atoms with van der Waals surface area (Å²) in [7, 11) is 0. The van der Waals surface area contributed by atoms with Gasteiger partial charge >= 0.3 is 0 Å². The Balaban J connectivity index is 2.44. The van der Waals surface area contributed by atoms with Crippen LogP contribution in [0.5, 0.6) is 0 Å². The van der Waals surface area contributed by atoms with Crippen molar-refractivity contribution in [1.29, 1.82) is 0 Å². The standard InChI is InChI=1S/C14H20O3/c1-8-12(16)5-4-10-6-13(17)11(9(2)15)7-14(8,10)3/h7-8,10,12,16H,4-6H2,1-3H3. The Kier molecular flexibility index (Phi) is 2.98. The Labute approximate surface area is 102 Å². The number of allylic oxidation sites excluding steroid dienone is 2. The molecule has 2 aliphatic rings. The summed E-state index contributed by atoms with van der Waals surface area (Å²) >= 11 is 0. The second-order valence-electron chi connectivity index (χ2n) is 5.74. The molecule has 0 saturated heterocycles. The number of aliphatic hydroxyl groups excluding tert-OH is 1. The van der Waals surface area contributed by atoms with Crippen molar-refractivity contribution in [2.45, 2.75) is 46.1 Å². The van der Waals surface area contributed by atoms with Gasteiger partial charge in [0.15, 0.2) is 11.6 Å². The Morgan fingerprint density at radius 3 is 2.71 bits per heavy atom. The van der Waals surface area contributed by atoms with E-state index < -0.39 is 0 Å². The molecule has 2 aliphatic carbocycles. The number of carbonyl (C=O) groups excluding carboxylic acids is 2. The molecule has 17 heavy (non-hydrogen) atoms. The van der Waals surface area contributed by atoms with Crippen LogP contribution in [-0.4, -0.2) is 22.8 Å². The van der Waals surface area contributed by atoms with Crippen LogP contribution in [0.4, 0.5) is 0 Å². The molecule has 1 saturated carbocycles. The van der Waals surface area contributed by atoms with Crippen molar-refractivity contribution in [3.05, 3.63) is 11.6 Å². The topological polar surface area (TPSA) is 54.4 Å². The van der Waals surface area contributed by atoms with Gasteiger partial charge in [0.1, 0.15) is 0 Å². The Morgan fingerprint density at radius 2 is 2.12 bits per heavy atom. The van der Waals surface area contributed by atoms with E-state index in [-0.39, 0.29) is 34.9 Å². The van der Waals surface area contributed by atoms with Crippen LogP contribution in [-0.2, 0) is 9.59 Å². The monoisotopic (exact) mass is 236 g/mol. The van der Waals surface area contributed by atoms with Crippen LogP contribution in [0, 0.1) is 17.3 Å². The van der Waals surface area contributed by atoms with Gasteiger partial charge in [-0.1, -0.05) is 19.9 Å². The van der Waals surface area contributed by atoms with E-state index in [2.05, 4.69) is 6.92 Å². The molecule has 0 aromatic rings. The molecule has 0 aliphatic heterocycles. The Bertz CT molecular complexity index is 396. The van der Waals surface area contributed by atoms with E-state index in [9.17, 15) is 14.7 Å². The third kappa shape index (κ3) is 1.86. The normalized spacial score (nSPS) is 41.8. The smallest absolute Gasteiger partial charge is 0.166 e. The van der Waals surface area contributed by atoms with Gasteiger partial charge in [0.05, 0.1) is 11.7 Å². The van der Waals surface area contributed by atoms with Crippen LogP contribution in [0.3, 0.4) is 0 Å². The minimum Gasteiger partial charge on any atom is -0.393 e. The zero-order valence-corrected chi connectivity index (χ0v) is 10.7. The van der Waals surface area contributed by atoms with Gasteiger partial charge in [-0.25, -0.2) is 0 Å². The average molecular weight is 236 g/mol. The van der Waals surface area contributed by atoms with E-state index in [1.165, 1.54) is 6.92 Å². The molecule has 4 atom stereocenters. The third-order valence-electron chi connectivity index (χ3n) is 4.82. The van der Waals surface area contributed by atoms with Gasteiger partial charge in [0, 0.05) is 6.42 Å². The van der Waals surface area contributed by atoms with Crippen molar-refractivity contribution < 1.29 is 14.7 Å². The predicted octanol–water partition coefficient (Wildman–Crippen LogP) is 1.89. The van der Waals surface area contributed by atoms with Crippen LogP contribution in [0.1, 0.15) is 40.0 Å². The molecule has 1 fully saturated rings. The van der Waals surface area contributed by atoms with Crippen LogP contribution in [0.25, 0.3) is 0 Å². The second kappa shape index (κ2) is 4.05. The number of aliphatic hydroxyl groups is 1. The van der Waals surface area contributed by atoms with E-state index >= 15 is 0 Å². The first-order valence-electron chi connectivity index (χ1n) is 6.31. The average Bonchev–Trinajstić information content (AvgIpc) is 2.26. The van der Waals surface area contributed by atoms with Gasteiger partial charge < -0.3 is 5.11 Å². The maximum Gasteiger partial charge on any atom is 0.166 e. The summed E-state index contributed by atoms with van der Waals surface area (Å²) in [6, 6.07) is 0. The lowest BCUT2D eigenvalue weighted by atomic mass is 9.56. The Hall–Kier alpha value is -0.960. The third-order valence-corrected chi connectivity index (χ3v) is 4.82. The number of hydrogen-bond donors (Lipinski definition) is 1. The molecule has 2 rings (SSSR count). The van der Waals surface area contributed by atoms with E-state index in [1.54, 1.807) is 0 Å². The number of hydrogen-bond acceptors (Lipinski definition) is 3. The number of Topliss-reactive ketones (excluding diaryl/α,β-unsaturated/α-hetero) is 2. The lowest BCUT2D eigenvalue weighted by Gasteiger charge is -2.49. The molecule has 1 N–H and O–H groups in total. The molecule has 0 aromatic carbocycles. The highest BCUT2D eigenvalue weighted by molar-refractivity contribution is 6.19. The quantitative estimate of drug-likeness (QED) is 0.707. The van der Waals surface area contributed by atoms with Gasteiger partial charge in [-0.3, -0.25) is 9.59 Å². The second-order valence-corrected chi connectivity index (χ2v) is 5.74. The maximum atomic E-state index is 11.9. The summed E-state index contributed by atoms with van der Waals surface area (Å²) in [5.74, 6) is 0.200. The molecule has 94 valence electrons. The summed E-state index contributed by atoms with van der Waals surface area (Å²) in [6.45, 7) is 5.53. The minimum atomic E-state index is -0.325. The molecular weight excluding hydrogens is 216 g/mol. The van der Waals surface area contributed by atoms with Crippen molar-refractivity contribution in [2.24, 2.45) is 17.3 Å². The van der Waals surface area contributed by atoms with Gasteiger partial charge in [-0.15, -0.1) is 0 Å². The molecule has 0 bridgehead atoms. The number of carbonyl (C=O) groups is 2. The summed E-state index contributed by atoms with van der Waals surface area (Å²) < 4.78 is 0. The van der Waals surface area contributed by atoms with Gasteiger partial charge in [-0.05, 0) is 37.0 Å². The van der Waals surface area contributed by atoms with Crippen molar-refractivity contribution in [2.75, 3.05) is 0 Å².